The second kappa shape index (κ2) is 6.87. The Bertz CT molecular complexity index is 473. The predicted octanol–water partition coefficient (Wildman–Crippen LogP) is -0.233. The number of esters is 3. The maximum atomic E-state index is 12.2. The molecule has 0 aromatic rings. The fourth-order valence-corrected chi connectivity index (χ4v) is 2.00. The Morgan fingerprint density at radius 1 is 1.10 bits per heavy atom. The topological polar surface area (TPSA) is 99.2 Å². The third-order valence-corrected chi connectivity index (χ3v) is 2.62. The molecule has 21 heavy (non-hydrogen) atoms. The van der Waals surface area contributed by atoms with Crippen LogP contribution in [0.2, 0.25) is 0 Å². The van der Waals surface area contributed by atoms with E-state index in [2.05, 4.69) is 6.58 Å². The van der Waals surface area contributed by atoms with Crippen LogP contribution in [-0.4, -0.2) is 53.7 Å². The minimum absolute atomic E-state index is 0.0479. The average Bonchev–Trinajstić information content (AvgIpc) is 2.55. The summed E-state index contributed by atoms with van der Waals surface area (Å²) >= 11 is 0. The van der Waals surface area contributed by atoms with Crippen LogP contribution in [0.25, 0.3) is 0 Å². The normalized spacial score (nSPS) is 24.4. The van der Waals surface area contributed by atoms with Gasteiger partial charge in [-0.15, -0.1) is 6.58 Å². The molecule has 1 heterocycles. The number of hydrogen-bond acceptors (Lipinski definition) is 7. The van der Waals surface area contributed by atoms with E-state index in [-0.39, 0.29) is 6.54 Å². The summed E-state index contributed by atoms with van der Waals surface area (Å²) in [5.74, 6) is -2.69. The van der Waals surface area contributed by atoms with Gasteiger partial charge in [0.1, 0.15) is 0 Å². The zero-order valence-corrected chi connectivity index (χ0v) is 12.0. The molecule has 0 aromatic carbocycles. The van der Waals surface area contributed by atoms with Gasteiger partial charge in [-0.1, -0.05) is 6.08 Å². The zero-order valence-electron chi connectivity index (χ0n) is 12.0. The van der Waals surface area contributed by atoms with Crippen LogP contribution in [0.1, 0.15) is 20.8 Å². The molecule has 1 saturated heterocycles. The van der Waals surface area contributed by atoms with Crippen LogP contribution in [0.15, 0.2) is 12.7 Å². The van der Waals surface area contributed by atoms with Crippen molar-refractivity contribution < 1.29 is 33.4 Å². The molecule has 116 valence electrons. The van der Waals surface area contributed by atoms with Crippen LogP contribution in [0, 0.1) is 0 Å². The minimum Gasteiger partial charge on any atom is -0.452 e. The van der Waals surface area contributed by atoms with E-state index in [1.165, 1.54) is 6.08 Å². The van der Waals surface area contributed by atoms with Crippen LogP contribution < -0.4 is 0 Å². The van der Waals surface area contributed by atoms with Crippen LogP contribution in [0.4, 0.5) is 0 Å². The Hall–Kier alpha value is -2.38. The average molecular weight is 299 g/mol. The smallest absolute Gasteiger partial charge is 0.304 e. The van der Waals surface area contributed by atoms with Gasteiger partial charge in [0.05, 0.1) is 0 Å². The Balaban J connectivity index is 3.13. The molecule has 1 rings (SSSR count). The lowest BCUT2D eigenvalue weighted by atomic mass is 10.2. The van der Waals surface area contributed by atoms with Gasteiger partial charge in [-0.25, -0.2) is 0 Å². The van der Waals surface area contributed by atoms with E-state index in [0.717, 1.165) is 25.7 Å². The molecule has 0 saturated carbocycles. The summed E-state index contributed by atoms with van der Waals surface area (Å²) < 4.78 is 14.9. The van der Waals surface area contributed by atoms with Gasteiger partial charge in [-0.3, -0.25) is 24.1 Å². The van der Waals surface area contributed by atoms with Crippen LogP contribution in [0.3, 0.4) is 0 Å². The third-order valence-electron chi connectivity index (χ3n) is 2.62. The van der Waals surface area contributed by atoms with E-state index in [0.29, 0.717) is 0 Å². The summed E-state index contributed by atoms with van der Waals surface area (Å²) in [5.41, 5.74) is 0. The fourth-order valence-electron chi connectivity index (χ4n) is 2.00. The molecule has 8 nitrogen and oxygen atoms in total. The van der Waals surface area contributed by atoms with E-state index >= 15 is 0 Å². The van der Waals surface area contributed by atoms with E-state index in [4.69, 9.17) is 14.2 Å². The number of ether oxygens (including phenoxy) is 3. The molecule has 8 heteroatoms. The second-order valence-electron chi connectivity index (χ2n) is 4.38. The van der Waals surface area contributed by atoms with E-state index in [9.17, 15) is 19.2 Å². The molecular weight excluding hydrogens is 282 g/mol. The first-order valence-electron chi connectivity index (χ1n) is 6.21. The molecule has 0 aliphatic carbocycles. The minimum atomic E-state index is -1.35. The van der Waals surface area contributed by atoms with Gasteiger partial charge >= 0.3 is 17.9 Å². The van der Waals surface area contributed by atoms with Crippen LogP contribution in [0.5, 0.6) is 0 Å². The van der Waals surface area contributed by atoms with Gasteiger partial charge in [0, 0.05) is 27.3 Å². The molecule has 0 bridgehead atoms. The van der Waals surface area contributed by atoms with Gasteiger partial charge in [-0.05, 0) is 0 Å². The highest BCUT2D eigenvalue weighted by atomic mass is 16.6. The number of hydrogen-bond donors (Lipinski definition) is 0. The summed E-state index contributed by atoms with van der Waals surface area (Å²) in [4.78, 5) is 46.8. The summed E-state index contributed by atoms with van der Waals surface area (Å²) in [5, 5.41) is 0. The maximum Gasteiger partial charge on any atom is 0.304 e. The van der Waals surface area contributed by atoms with E-state index < -0.39 is 42.3 Å². The molecule has 1 amide bonds. The second-order valence-corrected chi connectivity index (χ2v) is 4.38. The number of carbonyl (C=O) groups is 4. The number of carbonyl (C=O) groups excluding carboxylic acids is 4. The Morgan fingerprint density at radius 3 is 2.05 bits per heavy atom. The van der Waals surface area contributed by atoms with Crippen molar-refractivity contribution in [1.29, 1.82) is 0 Å². The number of nitrogens with zero attached hydrogens (tertiary/aromatic N) is 1. The number of rotatable bonds is 5. The van der Waals surface area contributed by atoms with Crippen LogP contribution in [-0.2, 0) is 33.4 Å². The highest BCUT2D eigenvalue weighted by molar-refractivity contribution is 5.87. The van der Waals surface area contributed by atoms with Crippen molar-refractivity contribution in [3.05, 3.63) is 12.7 Å². The molecule has 3 atom stereocenters. The van der Waals surface area contributed by atoms with E-state index in [1.807, 2.05) is 0 Å². The summed E-state index contributed by atoms with van der Waals surface area (Å²) in [6, 6.07) is 0. The first-order valence-corrected chi connectivity index (χ1v) is 6.21. The lowest BCUT2D eigenvalue weighted by molar-refractivity contribution is -0.179. The molecular formula is C13H17NO7. The summed E-state index contributed by atoms with van der Waals surface area (Å²) in [7, 11) is 0. The number of amides is 1. The molecule has 0 unspecified atom stereocenters. The predicted molar refractivity (Wildman–Crippen MR) is 68.6 cm³/mol. The standard InChI is InChI=1S/C13H17NO7/c1-5-6-14-12(18)10(19-7(2)15)11(20-8(3)16)13(14)21-9(4)17/h5,10-11,13H,1,6H2,2-4H3/t10-,11-,13+/m1/s1. The van der Waals surface area contributed by atoms with Crippen molar-refractivity contribution in [3.63, 3.8) is 0 Å². The van der Waals surface area contributed by atoms with Crippen molar-refractivity contribution in [2.24, 2.45) is 0 Å². The van der Waals surface area contributed by atoms with Crippen molar-refractivity contribution in [1.82, 2.24) is 4.90 Å². The molecule has 1 aliphatic heterocycles. The molecule has 1 aliphatic rings. The van der Waals surface area contributed by atoms with Gasteiger partial charge in [-0.2, -0.15) is 0 Å². The zero-order chi connectivity index (χ0) is 16.2. The summed E-state index contributed by atoms with van der Waals surface area (Å²) in [6.07, 6.45) is -2.32. The Morgan fingerprint density at radius 2 is 1.62 bits per heavy atom. The van der Waals surface area contributed by atoms with Gasteiger partial charge in [0.2, 0.25) is 18.4 Å². The maximum absolute atomic E-state index is 12.2. The van der Waals surface area contributed by atoms with Crippen molar-refractivity contribution in [2.45, 2.75) is 39.2 Å². The van der Waals surface area contributed by atoms with Crippen molar-refractivity contribution in [3.8, 4) is 0 Å². The largest absolute Gasteiger partial charge is 0.452 e. The Labute approximate surface area is 121 Å². The quantitative estimate of drug-likeness (QED) is 0.392. The van der Waals surface area contributed by atoms with Crippen LogP contribution >= 0.6 is 0 Å². The molecule has 0 N–H and O–H groups in total. The van der Waals surface area contributed by atoms with Gasteiger partial charge in [0.25, 0.3) is 5.91 Å². The lowest BCUT2D eigenvalue weighted by Gasteiger charge is -2.25. The number of likely N-dealkylation sites (tertiary alicyclic amines) is 1. The van der Waals surface area contributed by atoms with Crippen molar-refractivity contribution in [2.75, 3.05) is 6.54 Å². The van der Waals surface area contributed by atoms with Gasteiger partial charge in [0.15, 0.2) is 0 Å². The van der Waals surface area contributed by atoms with E-state index in [1.54, 1.807) is 0 Å². The third kappa shape index (κ3) is 4.04. The lowest BCUT2D eigenvalue weighted by Crippen LogP contribution is -2.42. The first kappa shape index (κ1) is 16.7. The first-order chi connectivity index (χ1) is 9.77. The summed E-state index contributed by atoms with van der Waals surface area (Å²) in [6.45, 7) is 6.95. The van der Waals surface area contributed by atoms with Crippen molar-refractivity contribution >= 4 is 23.8 Å². The SMILES string of the molecule is C=CCN1C(=O)[C@H](OC(C)=O)[C@@H](OC(C)=O)[C@@H]1OC(C)=O. The monoisotopic (exact) mass is 299 g/mol. The highest BCUT2D eigenvalue weighted by Gasteiger charge is 2.54. The molecule has 0 spiro atoms. The molecule has 0 radical (unpaired) electrons. The van der Waals surface area contributed by atoms with Gasteiger partial charge < -0.3 is 14.2 Å². The molecule has 0 aromatic heterocycles. The highest BCUT2D eigenvalue weighted by Crippen LogP contribution is 2.26. The fraction of sp³-hybridized carbons (Fsp3) is 0.538. The Kier molecular flexibility index (Phi) is 5.45. The molecule has 1 fully saturated rings.